The van der Waals surface area contributed by atoms with Gasteiger partial charge >= 0.3 is 0 Å². The zero-order valence-electron chi connectivity index (χ0n) is 10.1. The number of rotatable bonds is 6. The van der Waals surface area contributed by atoms with E-state index in [1.807, 2.05) is 0 Å². The van der Waals surface area contributed by atoms with E-state index in [4.69, 9.17) is 0 Å². The summed E-state index contributed by atoms with van der Waals surface area (Å²) in [5, 5.41) is 3.57. The number of hydrogen-bond donors (Lipinski definition) is 1. The normalized spacial score (nSPS) is 16.6. The summed E-state index contributed by atoms with van der Waals surface area (Å²) in [4.78, 5) is 2.29. The van der Waals surface area contributed by atoms with Gasteiger partial charge in [-0.05, 0) is 33.4 Å². The van der Waals surface area contributed by atoms with Crippen molar-refractivity contribution < 1.29 is 0 Å². The Morgan fingerprint density at radius 3 is 2.00 bits per heavy atom. The van der Waals surface area contributed by atoms with Crippen molar-refractivity contribution in [1.29, 1.82) is 0 Å². The van der Waals surface area contributed by atoms with Gasteiger partial charge in [-0.1, -0.05) is 20.8 Å². The Morgan fingerprint density at radius 1 is 1.15 bits per heavy atom. The summed E-state index contributed by atoms with van der Waals surface area (Å²) in [6.07, 6.45) is 1.21. The molecule has 2 heteroatoms. The van der Waals surface area contributed by atoms with Gasteiger partial charge in [0.2, 0.25) is 0 Å². The Labute approximate surface area is 83.7 Å². The van der Waals surface area contributed by atoms with Gasteiger partial charge in [-0.25, -0.2) is 0 Å². The van der Waals surface area contributed by atoms with Gasteiger partial charge in [-0.2, -0.15) is 0 Å². The van der Waals surface area contributed by atoms with Crippen LogP contribution in [-0.4, -0.2) is 37.6 Å². The van der Waals surface area contributed by atoms with Gasteiger partial charge in [-0.15, -0.1) is 0 Å². The fraction of sp³-hybridized carbons (Fsp3) is 1.00. The maximum absolute atomic E-state index is 3.57. The van der Waals surface area contributed by atoms with E-state index in [9.17, 15) is 0 Å². The molecule has 2 nitrogen and oxygen atoms in total. The minimum atomic E-state index is 0.619. The molecule has 0 fully saturated rings. The molecule has 0 saturated carbocycles. The smallest absolute Gasteiger partial charge is 0.0212 e. The lowest BCUT2D eigenvalue weighted by Gasteiger charge is -2.26. The molecule has 0 radical (unpaired) electrons. The molecule has 13 heavy (non-hydrogen) atoms. The molecule has 0 aromatic heterocycles. The molecule has 0 aliphatic heterocycles. The third-order valence-corrected chi connectivity index (χ3v) is 2.88. The van der Waals surface area contributed by atoms with Crippen LogP contribution in [0.3, 0.4) is 0 Å². The van der Waals surface area contributed by atoms with Gasteiger partial charge in [-0.3, -0.25) is 0 Å². The quantitative estimate of drug-likeness (QED) is 0.682. The van der Waals surface area contributed by atoms with Gasteiger partial charge in [0.1, 0.15) is 0 Å². The first-order valence-corrected chi connectivity index (χ1v) is 5.38. The molecular formula is C11H26N2. The summed E-state index contributed by atoms with van der Waals surface area (Å²) in [6, 6.07) is 1.29. The van der Waals surface area contributed by atoms with Crippen LogP contribution in [0.15, 0.2) is 0 Å². The van der Waals surface area contributed by atoms with Gasteiger partial charge < -0.3 is 10.2 Å². The van der Waals surface area contributed by atoms with E-state index in [0.717, 1.165) is 12.5 Å². The van der Waals surface area contributed by atoms with Crippen LogP contribution < -0.4 is 5.32 Å². The van der Waals surface area contributed by atoms with Gasteiger partial charge in [0.25, 0.3) is 0 Å². The summed E-state index contributed by atoms with van der Waals surface area (Å²) >= 11 is 0. The summed E-state index contributed by atoms with van der Waals surface area (Å²) in [5.74, 6) is 0.722. The molecule has 0 aromatic rings. The van der Waals surface area contributed by atoms with E-state index in [1.165, 1.54) is 6.42 Å². The zero-order chi connectivity index (χ0) is 10.4. The second kappa shape index (κ2) is 6.39. The maximum Gasteiger partial charge on any atom is 0.0212 e. The van der Waals surface area contributed by atoms with E-state index in [1.54, 1.807) is 0 Å². The molecule has 1 N–H and O–H groups in total. The fourth-order valence-corrected chi connectivity index (χ4v) is 1.25. The maximum atomic E-state index is 3.57. The third kappa shape index (κ3) is 5.27. The Balaban J connectivity index is 3.72. The Morgan fingerprint density at radius 2 is 1.69 bits per heavy atom. The minimum Gasteiger partial charge on any atom is -0.312 e. The molecule has 0 aliphatic rings. The molecule has 80 valence electrons. The molecular weight excluding hydrogens is 160 g/mol. The Kier molecular flexibility index (Phi) is 6.35. The van der Waals surface area contributed by atoms with Crippen molar-refractivity contribution in [3.05, 3.63) is 0 Å². The molecule has 2 unspecified atom stereocenters. The topological polar surface area (TPSA) is 15.3 Å². The monoisotopic (exact) mass is 186 g/mol. The lowest BCUT2D eigenvalue weighted by molar-refractivity contribution is 0.261. The van der Waals surface area contributed by atoms with Gasteiger partial charge in [0.05, 0.1) is 0 Å². The van der Waals surface area contributed by atoms with Crippen molar-refractivity contribution in [2.45, 2.75) is 46.2 Å². The number of likely N-dealkylation sites (N-methyl/N-ethyl adjacent to an activating group) is 1. The molecule has 0 spiro atoms. The second-order valence-electron chi connectivity index (χ2n) is 4.47. The zero-order valence-corrected chi connectivity index (χ0v) is 10.1. The van der Waals surface area contributed by atoms with Gasteiger partial charge in [0.15, 0.2) is 0 Å². The highest BCUT2D eigenvalue weighted by molar-refractivity contribution is 4.71. The van der Waals surface area contributed by atoms with Crippen LogP contribution in [-0.2, 0) is 0 Å². The van der Waals surface area contributed by atoms with E-state index in [0.29, 0.717) is 12.1 Å². The molecule has 0 saturated heterocycles. The number of nitrogens with zero attached hydrogens (tertiary/aromatic N) is 1. The lowest BCUT2D eigenvalue weighted by Crippen LogP contribution is -2.42. The first-order valence-electron chi connectivity index (χ1n) is 5.38. The van der Waals surface area contributed by atoms with Crippen LogP contribution in [0.1, 0.15) is 34.1 Å². The van der Waals surface area contributed by atoms with Crippen LogP contribution in [0.25, 0.3) is 0 Å². The predicted molar refractivity (Wildman–Crippen MR) is 60.1 cm³/mol. The third-order valence-electron chi connectivity index (χ3n) is 2.88. The highest BCUT2D eigenvalue weighted by Crippen LogP contribution is 2.02. The molecule has 2 atom stereocenters. The summed E-state index contributed by atoms with van der Waals surface area (Å²) in [7, 11) is 4.30. The minimum absolute atomic E-state index is 0.619. The Hall–Kier alpha value is -0.0800. The molecule has 0 aliphatic carbocycles. The Bertz CT molecular complexity index is 121. The molecule has 0 bridgehead atoms. The largest absolute Gasteiger partial charge is 0.312 e. The predicted octanol–water partition coefficient (Wildman–Crippen LogP) is 1.96. The highest BCUT2D eigenvalue weighted by Gasteiger charge is 2.11. The molecule has 0 rings (SSSR count). The second-order valence-corrected chi connectivity index (χ2v) is 4.47. The summed E-state index contributed by atoms with van der Waals surface area (Å²) in [6.45, 7) is 10.1. The van der Waals surface area contributed by atoms with E-state index >= 15 is 0 Å². The molecule has 0 amide bonds. The van der Waals surface area contributed by atoms with E-state index in [2.05, 4.69) is 52.0 Å². The highest BCUT2D eigenvalue weighted by atomic mass is 15.1. The van der Waals surface area contributed by atoms with Crippen LogP contribution in [0, 0.1) is 5.92 Å². The first-order chi connectivity index (χ1) is 5.99. The van der Waals surface area contributed by atoms with Crippen LogP contribution in [0.5, 0.6) is 0 Å². The van der Waals surface area contributed by atoms with Crippen molar-refractivity contribution in [3.63, 3.8) is 0 Å². The summed E-state index contributed by atoms with van der Waals surface area (Å²) in [5.41, 5.74) is 0. The SMILES string of the molecule is CCC(CNC(C)C(C)C)N(C)C. The van der Waals surface area contributed by atoms with Crippen molar-refractivity contribution >= 4 is 0 Å². The molecule has 0 heterocycles. The fourth-order valence-electron chi connectivity index (χ4n) is 1.25. The van der Waals surface area contributed by atoms with Crippen molar-refractivity contribution in [1.82, 2.24) is 10.2 Å². The van der Waals surface area contributed by atoms with Crippen LogP contribution >= 0.6 is 0 Å². The van der Waals surface area contributed by atoms with Gasteiger partial charge in [0, 0.05) is 18.6 Å². The van der Waals surface area contributed by atoms with E-state index in [-0.39, 0.29) is 0 Å². The van der Waals surface area contributed by atoms with Crippen LogP contribution in [0.4, 0.5) is 0 Å². The first kappa shape index (κ1) is 12.9. The van der Waals surface area contributed by atoms with E-state index < -0.39 is 0 Å². The van der Waals surface area contributed by atoms with Crippen molar-refractivity contribution in [2.75, 3.05) is 20.6 Å². The van der Waals surface area contributed by atoms with Crippen molar-refractivity contribution in [2.24, 2.45) is 5.92 Å². The lowest BCUT2D eigenvalue weighted by atomic mass is 10.1. The standard InChI is InChI=1S/C11H26N2/c1-7-11(13(5)6)8-12-10(4)9(2)3/h9-12H,7-8H2,1-6H3. The molecule has 0 aromatic carbocycles. The summed E-state index contributed by atoms with van der Waals surface area (Å²) < 4.78 is 0. The number of hydrogen-bond acceptors (Lipinski definition) is 2. The average molecular weight is 186 g/mol. The van der Waals surface area contributed by atoms with Crippen LogP contribution in [0.2, 0.25) is 0 Å². The average Bonchev–Trinajstić information content (AvgIpc) is 2.04. The van der Waals surface area contributed by atoms with Crippen molar-refractivity contribution in [3.8, 4) is 0 Å². The number of nitrogens with one attached hydrogen (secondary N) is 1.